The summed E-state index contributed by atoms with van der Waals surface area (Å²) in [5, 5.41) is 20.1. The molecule has 3 heteroatoms. The number of aliphatic hydroxyl groups is 1. The summed E-state index contributed by atoms with van der Waals surface area (Å²) >= 11 is 0. The predicted octanol–water partition coefficient (Wildman–Crippen LogP) is 2.89. The zero-order valence-corrected chi connectivity index (χ0v) is 10.5. The lowest BCUT2D eigenvalue weighted by atomic mass is 10.1. The van der Waals surface area contributed by atoms with Crippen LogP contribution in [0.3, 0.4) is 0 Å². The van der Waals surface area contributed by atoms with Crippen molar-refractivity contribution in [1.82, 2.24) is 4.57 Å². The molecule has 0 fully saturated rings. The molecule has 0 saturated carbocycles. The summed E-state index contributed by atoms with van der Waals surface area (Å²) in [5.74, 6) is 0.274. The normalized spacial score (nSPS) is 11.0. The minimum atomic E-state index is 0.0292. The number of para-hydroxylation sites is 1. The van der Waals surface area contributed by atoms with Crippen molar-refractivity contribution in [1.29, 1.82) is 0 Å². The first kappa shape index (κ1) is 11.8. The van der Waals surface area contributed by atoms with Gasteiger partial charge in [0.25, 0.3) is 0 Å². The van der Waals surface area contributed by atoms with E-state index in [9.17, 15) is 10.2 Å². The maximum absolute atomic E-state index is 9.51. The van der Waals surface area contributed by atoms with Crippen LogP contribution in [-0.2, 0) is 13.2 Å². The minimum absolute atomic E-state index is 0.0292. The fraction of sp³-hybridized carbons (Fsp3) is 0.125. The molecule has 19 heavy (non-hydrogen) atoms. The third-order valence-electron chi connectivity index (χ3n) is 3.31. The molecule has 0 bridgehead atoms. The first-order chi connectivity index (χ1) is 9.28. The Bertz CT molecular complexity index is 716. The van der Waals surface area contributed by atoms with Crippen molar-refractivity contribution >= 4 is 10.9 Å². The molecular weight excluding hydrogens is 238 g/mol. The number of phenolic OH excluding ortho intramolecular Hbond substituents is 1. The molecule has 3 nitrogen and oxygen atoms in total. The highest BCUT2D eigenvalue weighted by molar-refractivity contribution is 5.83. The van der Waals surface area contributed by atoms with Gasteiger partial charge in [-0.1, -0.05) is 30.3 Å². The molecular formula is C16H15NO2. The molecule has 0 radical (unpaired) electrons. The van der Waals surface area contributed by atoms with Crippen LogP contribution in [0.25, 0.3) is 10.9 Å². The number of aliphatic hydroxyl groups excluding tert-OH is 1. The Hall–Kier alpha value is -2.26. The van der Waals surface area contributed by atoms with Crippen LogP contribution in [0.5, 0.6) is 5.75 Å². The summed E-state index contributed by atoms with van der Waals surface area (Å²) < 4.78 is 2.09. The number of rotatable bonds is 3. The molecule has 1 aromatic heterocycles. The van der Waals surface area contributed by atoms with Crippen molar-refractivity contribution in [3.8, 4) is 5.75 Å². The number of hydrogen-bond acceptors (Lipinski definition) is 2. The zero-order chi connectivity index (χ0) is 13.2. The molecule has 0 amide bonds. The van der Waals surface area contributed by atoms with E-state index in [1.54, 1.807) is 12.1 Å². The zero-order valence-electron chi connectivity index (χ0n) is 10.5. The summed E-state index contributed by atoms with van der Waals surface area (Å²) in [5.41, 5.74) is 3.00. The molecule has 3 rings (SSSR count). The van der Waals surface area contributed by atoms with E-state index in [1.807, 2.05) is 42.6 Å². The summed E-state index contributed by atoms with van der Waals surface area (Å²) in [6.45, 7) is 0.705. The monoisotopic (exact) mass is 253 g/mol. The van der Waals surface area contributed by atoms with Gasteiger partial charge in [-0.25, -0.2) is 0 Å². The Balaban J connectivity index is 2.06. The third kappa shape index (κ3) is 2.20. The van der Waals surface area contributed by atoms with Crippen molar-refractivity contribution in [3.63, 3.8) is 0 Å². The van der Waals surface area contributed by atoms with Crippen molar-refractivity contribution < 1.29 is 10.2 Å². The number of aromatic hydroxyl groups is 1. The molecule has 0 aliphatic heterocycles. The largest absolute Gasteiger partial charge is 0.508 e. The molecule has 0 aliphatic rings. The van der Waals surface area contributed by atoms with E-state index in [0.717, 1.165) is 22.0 Å². The molecule has 0 unspecified atom stereocenters. The van der Waals surface area contributed by atoms with E-state index in [4.69, 9.17) is 0 Å². The van der Waals surface area contributed by atoms with Gasteiger partial charge in [0.05, 0.1) is 12.1 Å². The molecule has 0 spiro atoms. The van der Waals surface area contributed by atoms with Crippen molar-refractivity contribution in [2.75, 3.05) is 0 Å². The molecule has 2 aromatic carbocycles. The average molecular weight is 253 g/mol. The van der Waals surface area contributed by atoms with E-state index in [0.29, 0.717) is 6.54 Å². The van der Waals surface area contributed by atoms with Gasteiger partial charge in [-0.3, -0.25) is 0 Å². The lowest BCUT2D eigenvalue weighted by Crippen LogP contribution is -2.00. The highest BCUT2D eigenvalue weighted by Gasteiger charge is 2.06. The minimum Gasteiger partial charge on any atom is -0.508 e. The van der Waals surface area contributed by atoms with Crippen molar-refractivity contribution in [3.05, 3.63) is 65.9 Å². The summed E-state index contributed by atoms with van der Waals surface area (Å²) in [4.78, 5) is 0. The van der Waals surface area contributed by atoms with E-state index >= 15 is 0 Å². The Morgan fingerprint density at radius 2 is 1.84 bits per heavy atom. The first-order valence-corrected chi connectivity index (χ1v) is 6.23. The Labute approximate surface area is 111 Å². The maximum Gasteiger partial charge on any atom is 0.115 e. The van der Waals surface area contributed by atoms with Crippen LogP contribution in [0.1, 0.15) is 11.1 Å². The summed E-state index contributed by atoms with van der Waals surface area (Å²) in [6, 6.07) is 15.2. The second-order valence-electron chi connectivity index (χ2n) is 4.63. The fourth-order valence-corrected chi connectivity index (χ4v) is 2.45. The van der Waals surface area contributed by atoms with E-state index in [-0.39, 0.29) is 12.4 Å². The molecule has 96 valence electrons. The maximum atomic E-state index is 9.51. The van der Waals surface area contributed by atoms with Gasteiger partial charge < -0.3 is 14.8 Å². The van der Waals surface area contributed by atoms with Crippen LogP contribution in [0.2, 0.25) is 0 Å². The van der Waals surface area contributed by atoms with Gasteiger partial charge in [-0.05, 0) is 29.1 Å². The third-order valence-corrected chi connectivity index (χ3v) is 3.31. The first-order valence-electron chi connectivity index (χ1n) is 6.23. The quantitative estimate of drug-likeness (QED) is 0.754. The fourth-order valence-electron chi connectivity index (χ4n) is 2.45. The lowest BCUT2D eigenvalue weighted by molar-refractivity contribution is 0.283. The molecule has 3 aromatic rings. The topological polar surface area (TPSA) is 45.4 Å². The van der Waals surface area contributed by atoms with Crippen LogP contribution in [0.15, 0.2) is 54.7 Å². The predicted molar refractivity (Wildman–Crippen MR) is 75.1 cm³/mol. The number of benzene rings is 2. The number of phenols is 1. The molecule has 0 aliphatic carbocycles. The SMILES string of the molecule is OCc1cccc2ccn(Cc3cccc(O)c3)c12. The van der Waals surface area contributed by atoms with Gasteiger partial charge in [0.1, 0.15) is 5.75 Å². The molecule has 2 N–H and O–H groups in total. The van der Waals surface area contributed by atoms with Gasteiger partial charge >= 0.3 is 0 Å². The molecule has 1 heterocycles. The van der Waals surface area contributed by atoms with Gasteiger partial charge in [-0.15, -0.1) is 0 Å². The highest BCUT2D eigenvalue weighted by atomic mass is 16.3. The van der Waals surface area contributed by atoms with Crippen LogP contribution in [0, 0.1) is 0 Å². The smallest absolute Gasteiger partial charge is 0.115 e. The average Bonchev–Trinajstić information content (AvgIpc) is 2.82. The van der Waals surface area contributed by atoms with Gasteiger partial charge in [0, 0.05) is 18.3 Å². The van der Waals surface area contributed by atoms with E-state index < -0.39 is 0 Å². The second kappa shape index (κ2) is 4.78. The molecule has 0 atom stereocenters. The van der Waals surface area contributed by atoms with Crippen molar-refractivity contribution in [2.24, 2.45) is 0 Å². The Kier molecular flexibility index (Phi) is 2.97. The standard InChI is InChI=1S/C16H15NO2/c18-11-14-5-2-4-13-7-8-17(16(13)14)10-12-3-1-6-15(19)9-12/h1-9,18-19H,10-11H2. The number of nitrogens with zero attached hydrogens (tertiary/aromatic N) is 1. The van der Waals surface area contributed by atoms with Crippen LogP contribution in [-0.4, -0.2) is 14.8 Å². The van der Waals surface area contributed by atoms with Crippen LogP contribution in [0.4, 0.5) is 0 Å². The second-order valence-corrected chi connectivity index (χ2v) is 4.63. The van der Waals surface area contributed by atoms with Gasteiger partial charge in [-0.2, -0.15) is 0 Å². The van der Waals surface area contributed by atoms with Crippen molar-refractivity contribution in [2.45, 2.75) is 13.2 Å². The Morgan fingerprint density at radius 1 is 1.00 bits per heavy atom. The Morgan fingerprint density at radius 3 is 2.63 bits per heavy atom. The highest BCUT2D eigenvalue weighted by Crippen LogP contribution is 2.22. The number of hydrogen-bond donors (Lipinski definition) is 2. The summed E-state index contributed by atoms with van der Waals surface area (Å²) in [6.07, 6.45) is 2.01. The van der Waals surface area contributed by atoms with E-state index in [2.05, 4.69) is 4.57 Å². The van der Waals surface area contributed by atoms with Crippen LogP contribution >= 0.6 is 0 Å². The molecule has 0 saturated heterocycles. The number of aromatic nitrogens is 1. The lowest BCUT2D eigenvalue weighted by Gasteiger charge is -2.09. The van der Waals surface area contributed by atoms with Gasteiger partial charge in [0.15, 0.2) is 0 Å². The van der Waals surface area contributed by atoms with Gasteiger partial charge in [0.2, 0.25) is 0 Å². The van der Waals surface area contributed by atoms with Crippen LogP contribution < -0.4 is 0 Å². The summed E-state index contributed by atoms with van der Waals surface area (Å²) in [7, 11) is 0. The number of fused-ring (bicyclic) bond motifs is 1. The van der Waals surface area contributed by atoms with E-state index in [1.165, 1.54) is 0 Å².